The van der Waals surface area contributed by atoms with Gasteiger partial charge in [0.05, 0.1) is 6.10 Å². The first-order valence-corrected chi connectivity index (χ1v) is 6.86. The number of aliphatic hydroxyl groups is 1. The monoisotopic (exact) mass is 336 g/mol. The number of ether oxygens (including phenoxy) is 2. The minimum absolute atomic E-state index is 0.0738. The summed E-state index contributed by atoms with van der Waals surface area (Å²) in [5.41, 5.74) is 0.360. The van der Waals surface area contributed by atoms with Crippen LogP contribution in [0.5, 0.6) is 5.75 Å². The van der Waals surface area contributed by atoms with Crippen LogP contribution in [0.2, 0.25) is 0 Å². The minimum atomic E-state index is -4.76. The number of methoxy groups -OCH3 is 1. The second kappa shape index (κ2) is 9.21. The lowest BCUT2D eigenvalue weighted by Gasteiger charge is -2.14. The van der Waals surface area contributed by atoms with Gasteiger partial charge in [-0.2, -0.15) is 0 Å². The summed E-state index contributed by atoms with van der Waals surface area (Å²) in [6.07, 6.45) is -5.14. The average molecular weight is 336 g/mol. The van der Waals surface area contributed by atoms with E-state index in [-0.39, 0.29) is 12.3 Å². The quantitative estimate of drug-likeness (QED) is 0.634. The zero-order valence-electron chi connectivity index (χ0n) is 12.5. The van der Waals surface area contributed by atoms with Crippen molar-refractivity contribution in [3.05, 3.63) is 29.8 Å². The van der Waals surface area contributed by atoms with Gasteiger partial charge in [-0.15, -0.1) is 13.2 Å². The van der Waals surface area contributed by atoms with Crippen LogP contribution in [0.1, 0.15) is 18.1 Å². The van der Waals surface area contributed by atoms with Crippen LogP contribution in [0.25, 0.3) is 0 Å². The summed E-state index contributed by atoms with van der Waals surface area (Å²) in [5, 5.41) is 14.9. The van der Waals surface area contributed by atoms with Gasteiger partial charge in [0.25, 0.3) is 0 Å². The molecule has 1 rings (SSSR count). The molecule has 6 nitrogen and oxygen atoms in total. The van der Waals surface area contributed by atoms with Gasteiger partial charge in [-0.1, -0.05) is 12.1 Å². The van der Waals surface area contributed by atoms with Gasteiger partial charge >= 0.3 is 12.4 Å². The Morgan fingerprint density at radius 2 is 1.91 bits per heavy atom. The number of alkyl halides is 3. The zero-order valence-corrected chi connectivity index (χ0v) is 12.5. The molecule has 0 aliphatic rings. The Balaban J connectivity index is 2.37. The molecule has 1 aromatic carbocycles. The van der Waals surface area contributed by atoms with Crippen LogP contribution in [0, 0.1) is 0 Å². The summed E-state index contributed by atoms with van der Waals surface area (Å²) < 4.78 is 44.6. The molecule has 9 heteroatoms. The van der Waals surface area contributed by atoms with E-state index in [4.69, 9.17) is 4.74 Å². The third-order valence-corrected chi connectivity index (χ3v) is 2.77. The van der Waals surface area contributed by atoms with Crippen molar-refractivity contribution in [2.45, 2.75) is 18.9 Å². The molecule has 23 heavy (non-hydrogen) atoms. The fourth-order valence-electron chi connectivity index (χ4n) is 1.68. The fourth-order valence-corrected chi connectivity index (χ4v) is 1.68. The van der Waals surface area contributed by atoms with Crippen molar-refractivity contribution in [1.29, 1.82) is 0 Å². The molecule has 130 valence electrons. The van der Waals surface area contributed by atoms with E-state index in [1.165, 1.54) is 12.1 Å². The highest BCUT2D eigenvalue weighted by atomic mass is 19.4. The Bertz CT molecular complexity index is 480. The normalized spacial score (nSPS) is 12.6. The maximum atomic E-state index is 12.0. The molecular formula is C14H19F3N2O4. The number of rotatable bonds is 8. The van der Waals surface area contributed by atoms with Crippen LogP contribution in [-0.4, -0.2) is 44.3 Å². The number of hydrogen-bond donors (Lipinski definition) is 3. The Labute approximate surface area is 131 Å². The molecule has 3 N–H and O–H groups in total. The van der Waals surface area contributed by atoms with E-state index in [0.29, 0.717) is 25.1 Å². The smallest absolute Gasteiger partial charge is 0.406 e. The fraction of sp³-hybridized carbons (Fsp3) is 0.500. The Morgan fingerprint density at radius 1 is 1.26 bits per heavy atom. The summed E-state index contributed by atoms with van der Waals surface area (Å²) in [7, 11) is 1.56. The summed E-state index contributed by atoms with van der Waals surface area (Å²) in [5.74, 6) is -0.378. The number of amides is 2. The summed E-state index contributed by atoms with van der Waals surface area (Å²) in [6.45, 7) is 0.879. The molecule has 0 aliphatic heterocycles. The van der Waals surface area contributed by atoms with Crippen molar-refractivity contribution in [3.63, 3.8) is 0 Å². The minimum Gasteiger partial charge on any atom is -0.406 e. The lowest BCUT2D eigenvalue weighted by Crippen LogP contribution is -2.38. The zero-order chi connectivity index (χ0) is 17.3. The molecule has 0 aromatic heterocycles. The van der Waals surface area contributed by atoms with Gasteiger partial charge in [0, 0.05) is 26.8 Å². The largest absolute Gasteiger partial charge is 0.573 e. The van der Waals surface area contributed by atoms with Crippen LogP contribution < -0.4 is 15.4 Å². The lowest BCUT2D eigenvalue weighted by atomic mass is 10.1. The van der Waals surface area contributed by atoms with Crippen molar-refractivity contribution < 1.29 is 32.5 Å². The van der Waals surface area contributed by atoms with Gasteiger partial charge < -0.3 is 25.2 Å². The van der Waals surface area contributed by atoms with Crippen LogP contribution in [0.3, 0.4) is 0 Å². The number of benzene rings is 1. The molecule has 0 unspecified atom stereocenters. The second-order valence-electron chi connectivity index (χ2n) is 4.62. The highest BCUT2D eigenvalue weighted by Crippen LogP contribution is 2.24. The number of nitrogens with one attached hydrogen (secondary N) is 2. The van der Waals surface area contributed by atoms with Crippen LogP contribution >= 0.6 is 0 Å². The third-order valence-electron chi connectivity index (χ3n) is 2.77. The Kier molecular flexibility index (Phi) is 7.63. The number of aliphatic hydroxyl groups excluding tert-OH is 1. The van der Waals surface area contributed by atoms with Gasteiger partial charge in [0.15, 0.2) is 0 Å². The lowest BCUT2D eigenvalue weighted by molar-refractivity contribution is -0.274. The van der Waals surface area contributed by atoms with E-state index in [2.05, 4.69) is 15.4 Å². The molecule has 0 radical (unpaired) electrons. The summed E-state index contributed by atoms with van der Waals surface area (Å²) in [6, 6.07) is 4.33. The number of carbonyl (C=O) groups is 1. The van der Waals surface area contributed by atoms with Crippen molar-refractivity contribution in [3.8, 4) is 5.75 Å². The van der Waals surface area contributed by atoms with Gasteiger partial charge in [0.2, 0.25) is 0 Å². The maximum Gasteiger partial charge on any atom is 0.573 e. The SMILES string of the molecule is COCCCNC(=O)NC[C@H](O)c1ccc(OC(F)(F)F)cc1. The first kappa shape index (κ1) is 19.0. The van der Waals surface area contributed by atoms with E-state index in [0.717, 1.165) is 12.1 Å². The van der Waals surface area contributed by atoms with Crippen molar-refractivity contribution >= 4 is 6.03 Å². The maximum absolute atomic E-state index is 12.0. The van der Waals surface area contributed by atoms with Gasteiger partial charge in [0.1, 0.15) is 5.75 Å². The molecule has 1 atom stereocenters. The molecule has 2 amide bonds. The molecule has 0 heterocycles. The summed E-state index contributed by atoms with van der Waals surface area (Å²) >= 11 is 0. The van der Waals surface area contributed by atoms with Gasteiger partial charge in [-0.05, 0) is 24.1 Å². The summed E-state index contributed by atoms with van der Waals surface area (Å²) in [4.78, 5) is 11.4. The Morgan fingerprint density at radius 3 is 2.48 bits per heavy atom. The second-order valence-corrected chi connectivity index (χ2v) is 4.62. The number of halogens is 3. The van der Waals surface area contributed by atoms with Crippen molar-refractivity contribution in [2.24, 2.45) is 0 Å². The van der Waals surface area contributed by atoms with E-state index < -0.39 is 18.5 Å². The van der Waals surface area contributed by atoms with Crippen molar-refractivity contribution in [1.82, 2.24) is 10.6 Å². The van der Waals surface area contributed by atoms with E-state index in [1.54, 1.807) is 7.11 Å². The molecule has 0 saturated carbocycles. The van der Waals surface area contributed by atoms with E-state index >= 15 is 0 Å². The predicted molar refractivity (Wildman–Crippen MR) is 76.0 cm³/mol. The molecule has 0 aliphatic carbocycles. The molecular weight excluding hydrogens is 317 g/mol. The van der Waals surface area contributed by atoms with E-state index in [9.17, 15) is 23.1 Å². The average Bonchev–Trinajstić information content (AvgIpc) is 2.48. The molecule has 0 spiro atoms. The predicted octanol–water partition coefficient (Wildman–Crippen LogP) is 1.95. The van der Waals surface area contributed by atoms with E-state index in [1.807, 2.05) is 0 Å². The van der Waals surface area contributed by atoms with Crippen LogP contribution in [0.15, 0.2) is 24.3 Å². The Hall–Kier alpha value is -2.00. The van der Waals surface area contributed by atoms with Gasteiger partial charge in [-0.25, -0.2) is 4.79 Å². The van der Waals surface area contributed by atoms with Crippen LogP contribution in [0.4, 0.5) is 18.0 Å². The molecule has 1 aromatic rings. The molecule has 0 saturated heterocycles. The highest BCUT2D eigenvalue weighted by Gasteiger charge is 2.31. The molecule has 0 bridgehead atoms. The number of urea groups is 1. The van der Waals surface area contributed by atoms with Crippen LogP contribution in [-0.2, 0) is 4.74 Å². The third kappa shape index (κ3) is 8.27. The highest BCUT2D eigenvalue weighted by molar-refractivity contribution is 5.73. The molecule has 0 fully saturated rings. The first-order chi connectivity index (χ1) is 10.8. The number of carbonyl (C=O) groups excluding carboxylic acids is 1. The van der Waals surface area contributed by atoms with Crippen molar-refractivity contribution in [2.75, 3.05) is 26.8 Å². The van der Waals surface area contributed by atoms with Gasteiger partial charge in [-0.3, -0.25) is 0 Å². The first-order valence-electron chi connectivity index (χ1n) is 6.86. The standard InChI is InChI=1S/C14H19F3N2O4/c1-22-8-2-7-18-13(21)19-9-12(20)10-3-5-11(6-4-10)23-14(15,16)17/h3-6,12,20H,2,7-9H2,1H3,(H2,18,19,21)/t12-/m0/s1. The number of hydrogen-bond acceptors (Lipinski definition) is 4. The topological polar surface area (TPSA) is 79.8 Å².